The Balaban J connectivity index is 0. The lowest BCUT2D eigenvalue weighted by Crippen LogP contribution is -3.10. The van der Waals surface area contributed by atoms with Crippen molar-refractivity contribution >= 4 is 11.6 Å². The summed E-state index contributed by atoms with van der Waals surface area (Å²) < 4.78 is 1.14. The molecule has 106 valence electrons. The van der Waals surface area contributed by atoms with Crippen LogP contribution in [0.2, 0.25) is 0 Å². The van der Waals surface area contributed by atoms with Crippen molar-refractivity contribution in [3.63, 3.8) is 0 Å². The van der Waals surface area contributed by atoms with E-state index in [1.165, 1.54) is 24.5 Å². The average molecular weight is 308 g/mol. The lowest BCUT2D eigenvalue weighted by molar-refractivity contribution is -0.883. The van der Waals surface area contributed by atoms with Crippen LogP contribution in [0.15, 0.2) is 0 Å². The fourth-order valence-corrected chi connectivity index (χ4v) is 2.01. The van der Waals surface area contributed by atoms with Crippen LogP contribution in [-0.4, -0.2) is 76.0 Å². The van der Waals surface area contributed by atoms with Crippen LogP contribution in [0.25, 0.3) is 0 Å². The van der Waals surface area contributed by atoms with Crippen molar-refractivity contribution in [3.8, 4) is 0 Å². The maximum atomic E-state index is 5.90. The Morgan fingerprint density at radius 1 is 1.35 bits per heavy atom. The third-order valence-corrected chi connectivity index (χ3v) is 3.79. The summed E-state index contributed by atoms with van der Waals surface area (Å²) in [5.74, 6) is 0. The normalized spacial score (nSPS) is 30.9. The maximum Gasteiger partial charge on any atom is 0.221 e. The van der Waals surface area contributed by atoms with Crippen molar-refractivity contribution in [2.45, 2.75) is 5.62 Å². The molecule has 2 fully saturated rings. The van der Waals surface area contributed by atoms with E-state index in [1.807, 2.05) is 7.05 Å². The van der Waals surface area contributed by atoms with Gasteiger partial charge in [0.25, 0.3) is 0 Å². The van der Waals surface area contributed by atoms with E-state index >= 15 is 0 Å². The van der Waals surface area contributed by atoms with E-state index in [-0.39, 0.29) is 30.4 Å². The number of nitrogens with zero attached hydrogens (tertiary/aromatic N) is 2. The van der Waals surface area contributed by atoms with E-state index in [9.17, 15) is 0 Å². The monoisotopic (exact) mass is 306 g/mol. The molecule has 0 saturated carbocycles. The quantitative estimate of drug-likeness (QED) is 0.263. The van der Waals surface area contributed by atoms with Gasteiger partial charge in [-0.05, 0) is 18.6 Å². The molecule has 17 heavy (non-hydrogen) atoms. The zero-order chi connectivity index (χ0) is 11.5. The lowest BCUT2D eigenvalue weighted by atomic mass is 10.6. The Kier molecular flexibility index (Phi) is 10.3. The Hall–Kier alpha value is 0.710. The SMILES string of the molecule is CN1CC[NH+](C)C1Cl.C[N+]1(C)CCNC1.[Cl-].[Cl-]. The Morgan fingerprint density at radius 2 is 1.94 bits per heavy atom. The first-order valence-electron chi connectivity index (χ1n) is 5.62. The summed E-state index contributed by atoms with van der Waals surface area (Å²) in [5.41, 5.74) is 0.204. The Labute approximate surface area is 123 Å². The number of hydrogen-bond donors (Lipinski definition) is 2. The summed E-state index contributed by atoms with van der Waals surface area (Å²) in [6.45, 7) is 5.90. The second kappa shape index (κ2) is 8.75. The van der Waals surface area contributed by atoms with Gasteiger partial charge in [-0.15, -0.1) is 0 Å². The molecular weight excluding hydrogens is 282 g/mol. The molecular formula is C10H25Cl3N4. The topological polar surface area (TPSA) is 19.7 Å². The molecule has 0 aromatic heterocycles. The number of halogens is 3. The van der Waals surface area contributed by atoms with Crippen LogP contribution in [0.3, 0.4) is 0 Å². The zero-order valence-corrected chi connectivity index (χ0v) is 13.4. The van der Waals surface area contributed by atoms with Gasteiger partial charge in [-0.3, -0.25) is 5.32 Å². The molecule has 0 aromatic rings. The first kappa shape index (κ1) is 20.0. The molecule has 7 heteroatoms. The number of nitrogens with one attached hydrogen (secondary N) is 2. The summed E-state index contributed by atoms with van der Waals surface area (Å²) in [5, 5.41) is 3.28. The standard InChI is InChI=1S/C5H11ClN2.C5H13N2.2ClH/c1-7-3-4-8(2)5(7)6;1-7(2)4-3-6-5-7;;/h5H,3-4H2,1-2H3;6H,3-5H2,1-2H3;2*1H/q;+1;;/p-1. The first-order valence-corrected chi connectivity index (χ1v) is 6.05. The molecule has 0 amide bonds. The largest absolute Gasteiger partial charge is 1.00 e. The van der Waals surface area contributed by atoms with Crippen LogP contribution in [0, 0.1) is 0 Å². The van der Waals surface area contributed by atoms with Crippen molar-refractivity contribution in [1.82, 2.24) is 10.2 Å². The van der Waals surface area contributed by atoms with Gasteiger partial charge in [0.2, 0.25) is 5.62 Å². The summed E-state index contributed by atoms with van der Waals surface area (Å²) in [4.78, 5) is 3.55. The molecule has 2 atom stereocenters. The molecule has 0 aliphatic carbocycles. The molecule has 2 aliphatic rings. The molecule has 2 rings (SSSR count). The molecule has 0 radical (unpaired) electrons. The van der Waals surface area contributed by atoms with Crippen molar-refractivity contribution in [1.29, 1.82) is 0 Å². The molecule has 0 bridgehead atoms. The number of hydrogen-bond acceptors (Lipinski definition) is 2. The van der Waals surface area contributed by atoms with Crippen molar-refractivity contribution in [2.75, 3.05) is 61.0 Å². The van der Waals surface area contributed by atoms with Crippen LogP contribution < -0.4 is 35.0 Å². The lowest BCUT2D eigenvalue weighted by Gasteiger charge is -2.20. The Morgan fingerprint density at radius 3 is 2.06 bits per heavy atom. The fourth-order valence-electron chi connectivity index (χ4n) is 1.80. The zero-order valence-electron chi connectivity index (χ0n) is 11.1. The van der Waals surface area contributed by atoms with Crippen LogP contribution >= 0.6 is 11.6 Å². The van der Waals surface area contributed by atoms with Gasteiger partial charge in [-0.2, -0.15) is 0 Å². The van der Waals surface area contributed by atoms with E-state index in [4.69, 9.17) is 11.6 Å². The number of rotatable bonds is 0. The molecule has 2 heterocycles. The summed E-state index contributed by atoms with van der Waals surface area (Å²) in [7, 11) is 8.63. The van der Waals surface area contributed by atoms with Crippen molar-refractivity contribution < 1.29 is 34.2 Å². The average Bonchev–Trinajstić information content (AvgIpc) is 2.68. The highest BCUT2D eigenvalue weighted by Crippen LogP contribution is 1.97. The molecule has 2 aliphatic heterocycles. The molecule has 0 spiro atoms. The number of quaternary nitrogens is 2. The molecule has 2 N–H and O–H groups in total. The van der Waals surface area contributed by atoms with Crippen LogP contribution in [0.1, 0.15) is 0 Å². The van der Waals surface area contributed by atoms with Gasteiger partial charge in [0, 0.05) is 6.54 Å². The number of likely N-dealkylation sites (N-methyl/N-ethyl adjacent to an activating group) is 3. The van der Waals surface area contributed by atoms with E-state index in [0.717, 1.165) is 17.7 Å². The predicted octanol–water partition coefficient (Wildman–Crippen LogP) is -7.40. The van der Waals surface area contributed by atoms with E-state index < -0.39 is 0 Å². The van der Waals surface area contributed by atoms with Gasteiger partial charge >= 0.3 is 0 Å². The smallest absolute Gasteiger partial charge is 0.221 e. The molecule has 2 unspecified atom stereocenters. The highest BCUT2D eigenvalue weighted by molar-refractivity contribution is 6.19. The minimum absolute atomic E-state index is 0. The summed E-state index contributed by atoms with van der Waals surface area (Å²) in [6, 6.07) is 0. The fraction of sp³-hybridized carbons (Fsp3) is 1.00. The molecule has 0 aromatic carbocycles. The third kappa shape index (κ3) is 7.01. The predicted molar refractivity (Wildman–Crippen MR) is 63.9 cm³/mol. The van der Waals surface area contributed by atoms with Gasteiger partial charge in [-0.25, -0.2) is 4.90 Å². The summed E-state index contributed by atoms with van der Waals surface area (Å²) >= 11 is 5.90. The van der Waals surface area contributed by atoms with Crippen molar-refractivity contribution in [2.24, 2.45) is 0 Å². The van der Waals surface area contributed by atoms with Gasteiger partial charge in [0.05, 0.1) is 40.8 Å². The van der Waals surface area contributed by atoms with Crippen molar-refractivity contribution in [3.05, 3.63) is 0 Å². The first-order chi connectivity index (χ1) is 6.92. The van der Waals surface area contributed by atoms with E-state index in [1.54, 1.807) is 0 Å². The van der Waals surface area contributed by atoms with E-state index in [2.05, 4.69) is 31.4 Å². The molecule has 4 nitrogen and oxygen atoms in total. The van der Waals surface area contributed by atoms with Gasteiger partial charge in [-0.1, -0.05) is 0 Å². The highest BCUT2D eigenvalue weighted by Gasteiger charge is 2.27. The van der Waals surface area contributed by atoms with Gasteiger partial charge in [0.1, 0.15) is 6.67 Å². The second-order valence-electron chi connectivity index (χ2n) is 5.23. The van der Waals surface area contributed by atoms with Crippen LogP contribution in [0.5, 0.6) is 0 Å². The maximum absolute atomic E-state index is 5.90. The number of alkyl halides is 1. The van der Waals surface area contributed by atoms with Crippen LogP contribution in [-0.2, 0) is 0 Å². The second-order valence-corrected chi connectivity index (χ2v) is 5.64. The minimum atomic E-state index is 0. The van der Waals surface area contributed by atoms with Gasteiger partial charge in [0.15, 0.2) is 0 Å². The van der Waals surface area contributed by atoms with E-state index in [0.29, 0.717) is 0 Å². The van der Waals surface area contributed by atoms with Crippen LogP contribution in [0.4, 0.5) is 0 Å². The summed E-state index contributed by atoms with van der Waals surface area (Å²) in [6.07, 6.45) is 0. The van der Waals surface area contributed by atoms with Gasteiger partial charge < -0.3 is 34.2 Å². The third-order valence-electron chi connectivity index (χ3n) is 3.09. The molecule has 2 saturated heterocycles. The minimum Gasteiger partial charge on any atom is -1.00 e. The Bertz CT molecular complexity index is 186. The highest BCUT2D eigenvalue weighted by atomic mass is 35.5.